The largest absolute Gasteiger partial charge is 0.492 e. The number of aromatic nitrogens is 1. The zero-order chi connectivity index (χ0) is 19.5. The van der Waals surface area contributed by atoms with Crippen LogP contribution in [0.25, 0.3) is 11.3 Å². The number of ether oxygens (including phenoxy) is 2. The molecule has 1 aliphatic heterocycles. The minimum absolute atomic E-state index is 0.0943. The van der Waals surface area contributed by atoms with E-state index < -0.39 is 0 Å². The van der Waals surface area contributed by atoms with Crippen LogP contribution in [0.15, 0.2) is 59.5 Å². The van der Waals surface area contributed by atoms with Gasteiger partial charge in [0.25, 0.3) is 0 Å². The van der Waals surface area contributed by atoms with E-state index in [4.69, 9.17) is 13.9 Å². The average molecular weight is 396 g/mol. The minimum Gasteiger partial charge on any atom is -0.492 e. The Morgan fingerprint density at radius 2 is 2.18 bits per heavy atom. The molecule has 0 radical (unpaired) electrons. The average Bonchev–Trinajstić information content (AvgIpc) is 3.23. The van der Waals surface area contributed by atoms with Crippen LogP contribution in [0, 0.1) is 5.92 Å². The molecule has 1 aromatic heterocycles. The molecular weight excluding hydrogens is 375 g/mol. The van der Waals surface area contributed by atoms with Crippen LogP contribution in [-0.4, -0.2) is 23.3 Å². The molecule has 4 rings (SSSR count). The molecule has 0 saturated heterocycles. The number of rotatable bonds is 5. The molecule has 3 unspecified atom stereocenters. The third kappa shape index (κ3) is 4.02. The second kappa shape index (κ2) is 8.03. The van der Waals surface area contributed by atoms with Crippen LogP contribution in [0.2, 0.25) is 0 Å². The Morgan fingerprint density at radius 3 is 2.96 bits per heavy atom. The third-order valence-electron chi connectivity index (χ3n) is 4.52. The summed E-state index contributed by atoms with van der Waals surface area (Å²) >= 11 is 0. The molecule has 0 fully saturated rings. The first kappa shape index (κ1) is 18.5. The van der Waals surface area contributed by atoms with Crippen molar-refractivity contribution in [3.05, 3.63) is 60.6 Å². The molecule has 1 aliphatic rings. The number of para-hydroxylation sites is 1. The van der Waals surface area contributed by atoms with Gasteiger partial charge >= 0.3 is 0 Å². The van der Waals surface area contributed by atoms with Gasteiger partial charge in [0.15, 0.2) is 12.2 Å². The van der Waals surface area contributed by atoms with Crippen molar-refractivity contribution in [2.75, 3.05) is 11.9 Å². The zero-order valence-electron chi connectivity index (χ0n) is 15.4. The second-order valence-electron chi connectivity index (χ2n) is 6.71. The molecule has 6 nitrogen and oxygen atoms in total. The molecule has 7 heteroatoms. The first-order valence-electron chi connectivity index (χ1n) is 9.07. The van der Waals surface area contributed by atoms with Crippen molar-refractivity contribution < 1.29 is 18.7 Å². The summed E-state index contributed by atoms with van der Waals surface area (Å²) in [4.78, 5) is 16.8. The van der Waals surface area contributed by atoms with Crippen molar-refractivity contribution in [3.63, 3.8) is 0 Å². The maximum absolute atomic E-state index is 12.8. The number of carbonyl (C=O) groups excluding carboxylic acids is 1. The molecule has 2 heterocycles. The normalized spacial score (nSPS) is 16.6. The fourth-order valence-electron chi connectivity index (χ4n) is 3.17. The van der Waals surface area contributed by atoms with Crippen LogP contribution in [0.3, 0.4) is 0 Å². The van der Waals surface area contributed by atoms with E-state index >= 15 is 0 Å². The Labute approximate surface area is 165 Å². The Hall–Kier alpha value is -2.85. The minimum atomic E-state index is -0.259. The number of nitrogens with one attached hydrogen (secondary N) is 1. The van der Waals surface area contributed by atoms with E-state index in [-0.39, 0.29) is 17.7 Å². The summed E-state index contributed by atoms with van der Waals surface area (Å²) in [5.74, 6) is 1.58. The number of benzene rings is 2. The van der Waals surface area contributed by atoms with E-state index in [1.165, 1.54) is 6.39 Å². The van der Waals surface area contributed by atoms with Gasteiger partial charge in [-0.15, -0.1) is 0 Å². The molecule has 0 aliphatic carbocycles. The SMILES string of the molecule is CC(P)Oc1cc(-c2cnco2)ccc1NC(=O)C1COc2ccccc2C1. The number of fused-ring (bicyclic) bond motifs is 1. The van der Waals surface area contributed by atoms with E-state index in [1.54, 1.807) is 6.20 Å². The third-order valence-corrected chi connectivity index (χ3v) is 4.65. The van der Waals surface area contributed by atoms with Crippen molar-refractivity contribution in [3.8, 4) is 22.8 Å². The number of amides is 1. The molecule has 1 amide bonds. The van der Waals surface area contributed by atoms with E-state index in [1.807, 2.05) is 49.4 Å². The molecule has 0 spiro atoms. The van der Waals surface area contributed by atoms with Crippen LogP contribution in [0.1, 0.15) is 12.5 Å². The van der Waals surface area contributed by atoms with Crippen LogP contribution < -0.4 is 14.8 Å². The summed E-state index contributed by atoms with van der Waals surface area (Å²) in [7, 11) is 2.59. The van der Waals surface area contributed by atoms with Crippen molar-refractivity contribution in [2.24, 2.45) is 5.92 Å². The fraction of sp³-hybridized carbons (Fsp3) is 0.238. The molecule has 1 N–H and O–H groups in total. The standard InChI is InChI=1S/C21H21N2O4P/c1-13(28)27-19-9-15(20-10-22-12-26-20)6-7-17(19)23-21(24)16-8-14-4-2-3-5-18(14)25-11-16/h2-7,9-10,12-13,16H,8,11,28H2,1H3,(H,23,24). The van der Waals surface area contributed by atoms with Crippen molar-refractivity contribution >= 4 is 20.8 Å². The second-order valence-corrected chi connectivity index (χ2v) is 7.65. The number of anilines is 1. The monoisotopic (exact) mass is 396 g/mol. The van der Waals surface area contributed by atoms with E-state index in [2.05, 4.69) is 19.5 Å². The summed E-state index contributed by atoms with van der Waals surface area (Å²) in [6.07, 6.45) is 3.66. The Bertz CT molecular complexity index is 972. The zero-order valence-corrected chi connectivity index (χ0v) is 16.6. The number of carbonyl (C=O) groups is 1. The maximum Gasteiger partial charge on any atom is 0.231 e. The highest BCUT2D eigenvalue weighted by molar-refractivity contribution is 7.17. The maximum atomic E-state index is 12.8. The van der Waals surface area contributed by atoms with Gasteiger partial charge in [-0.2, -0.15) is 0 Å². The van der Waals surface area contributed by atoms with Crippen molar-refractivity contribution in [1.82, 2.24) is 4.98 Å². The van der Waals surface area contributed by atoms with Crippen LogP contribution >= 0.6 is 9.24 Å². The Morgan fingerprint density at radius 1 is 1.32 bits per heavy atom. The Balaban J connectivity index is 1.54. The van der Waals surface area contributed by atoms with Crippen molar-refractivity contribution in [1.29, 1.82) is 0 Å². The number of oxazole rings is 1. The predicted octanol–water partition coefficient (Wildman–Crippen LogP) is 4.13. The molecular formula is C21H21N2O4P. The van der Waals surface area contributed by atoms with Gasteiger partial charge in [0.2, 0.25) is 5.91 Å². The summed E-state index contributed by atoms with van der Waals surface area (Å²) in [6, 6.07) is 13.3. The van der Waals surface area contributed by atoms with Gasteiger partial charge in [0, 0.05) is 5.56 Å². The highest BCUT2D eigenvalue weighted by Gasteiger charge is 2.26. The summed E-state index contributed by atoms with van der Waals surface area (Å²) in [5.41, 5.74) is 2.48. The first-order valence-corrected chi connectivity index (χ1v) is 9.73. The molecule has 2 aromatic carbocycles. The quantitative estimate of drug-likeness (QED) is 0.657. The highest BCUT2D eigenvalue weighted by Crippen LogP contribution is 2.33. The first-order chi connectivity index (χ1) is 13.6. The summed E-state index contributed by atoms with van der Waals surface area (Å²) in [5, 5.41) is 2.99. The molecule has 3 atom stereocenters. The lowest BCUT2D eigenvalue weighted by atomic mass is 9.96. The van der Waals surface area contributed by atoms with E-state index in [9.17, 15) is 4.79 Å². The lowest BCUT2D eigenvalue weighted by Gasteiger charge is -2.25. The fourth-order valence-corrected chi connectivity index (χ4v) is 3.31. The van der Waals surface area contributed by atoms with Crippen LogP contribution in [0.5, 0.6) is 11.5 Å². The van der Waals surface area contributed by atoms with Gasteiger partial charge in [0.05, 0.1) is 17.8 Å². The van der Waals surface area contributed by atoms with E-state index in [0.717, 1.165) is 16.9 Å². The van der Waals surface area contributed by atoms with Gasteiger partial charge in [-0.05, 0) is 43.2 Å². The number of hydrogen-bond donors (Lipinski definition) is 1. The Kier molecular flexibility index (Phi) is 5.31. The molecule has 3 aromatic rings. The molecule has 144 valence electrons. The highest BCUT2D eigenvalue weighted by atomic mass is 31.0. The lowest BCUT2D eigenvalue weighted by Crippen LogP contribution is -2.32. The van der Waals surface area contributed by atoms with Gasteiger partial charge in [-0.1, -0.05) is 27.4 Å². The number of hydrogen-bond acceptors (Lipinski definition) is 5. The van der Waals surface area contributed by atoms with E-state index in [0.29, 0.717) is 30.2 Å². The molecule has 28 heavy (non-hydrogen) atoms. The smallest absolute Gasteiger partial charge is 0.231 e. The van der Waals surface area contributed by atoms with Gasteiger partial charge < -0.3 is 19.2 Å². The van der Waals surface area contributed by atoms with Gasteiger partial charge in [-0.25, -0.2) is 4.98 Å². The number of nitrogens with zero attached hydrogens (tertiary/aromatic N) is 1. The van der Waals surface area contributed by atoms with Crippen molar-refractivity contribution in [2.45, 2.75) is 19.2 Å². The predicted molar refractivity (Wildman–Crippen MR) is 109 cm³/mol. The molecule has 0 saturated carbocycles. The summed E-state index contributed by atoms with van der Waals surface area (Å²) < 4.78 is 17.0. The molecule has 0 bridgehead atoms. The van der Waals surface area contributed by atoms with Crippen LogP contribution in [0.4, 0.5) is 5.69 Å². The lowest BCUT2D eigenvalue weighted by molar-refractivity contribution is -0.121. The summed E-state index contributed by atoms with van der Waals surface area (Å²) in [6.45, 7) is 2.26. The van der Waals surface area contributed by atoms with Crippen LogP contribution in [-0.2, 0) is 11.2 Å². The van der Waals surface area contributed by atoms with Gasteiger partial charge in [0.1, 0.15) is 24.0 Å². The van der Waals surface area contributed by atoms with Gasteiger partial charge in [-0.3, -0.25) is 4.79 Å². The topological polar surface area (TPSA) is 73.6 Å².